The van der Waals surface area contributed by atoms with Crippen molar-refractivity contribution in [1.29, 1.82) is 0 Å². The number of terminal acetylenes is 1. The van der Waals surface area contributed by atoms with Crippen molar-refractivity contribution in [3.63, 3.8) is 0 Å². The number of benzene rings is 1. The van der Waals surface area contributed by atoms with Crippen LogP contribution in [-0.2, 0) is 15.1 Å². The number of nitrogens with one attached hydrogen (secondary N) is 1. The minimum Gasteiger partial charge on any atom is -0.491 e. The standard InChI is InChI=1S/C17H23NO3/c1-6-12-18-17(5,16(19)20-7-2)14-8-10-15(11-9-14)21-13(3)4/h1,8-11,13,18H,7,12H2,2-5H3. The summed E-state index contributed by atoms with van der Waals surface area (Å²) < 4.78 is 10.8. The van der Waals surface area contributed by atoms with E-state index >= 15 is 0 Å². The van der Waals surface area contributed by atoms with Crippen LogP contribution in [0.1, 0.15) is 33.3 Å². The lowest BCUT2D eigenvalue weighted by Gasteiger charge is -2.28. The van der Waals surface area contributed by atoms with Crippen LogP contribution in [0.15, 0.2) is 24.3 Å². The van der Waals surface area contributed by atoms with Gasteiger partial charge in [0.05, 0.1) is 19.3 Å². The number of carbonyl (C=O) groups is 1. The second-order valence-corrected chi connectivity index (χ2v) is 5.09. The van der Waals surface area contributed by atoms with Gasteiger partial charge in [0.25, 0.3) is 0 Å². The Kier molecular flexibility index (Phi) is 6.26. The van der Waals surface area contributed by atoms with Gasteiger partial charge in [0.1, 0.15) is 11.3 Å². The number of rotatable bonds is 7. The van der Waals surface area contributed by atoms with E-state index in [4.69, 9.17) is 15.9 Å². The molecule has 0 aliphatic rings. The second-order valence-electron chi connectivity index (χ2n) is 5.09. The lowest BCUT2D eigenvalue weighted by Crippen LogP contribution is -2.47. The van der Waals surface area contributed by atoms with Crippen molar-refractivity contribution in [2.45, 2.75) is 39.3 Å². The van der Waals surface area contributed by atoms with Gasteiger partial charge in [0, 0.05) is 0 Å². The molecule has 0 aromatic heterocycles. The first-order chi connectivity index (χ1) is 9.93. The largest absolute Gasteiger partial charge is 0.491 e. The summed E-state index contributed by atoms with van der Waals surface area (Å²) in [5.74, 6) is 2.90. The van der Waals surface area contributed by atoms with Gasteiger partial charge in [0.2, 0.25) is 0 Å². The van der Waals surface area contributed by atoms with E-state index in [-0.39, 0.29) is 18.6 Å². The van der Waals surface area contributed by atoms with Crippen molar-refractivity contribution in [3.8, 4) is 18.1 Å². The van der Waals surface area contributed by atoms with Crippen LogP contribution in [0, 0.1) is 12.3 Å². The lowest BCUT2D eigenvalue weighted by atomic mass is 9.92. The van der Waals surface area contributed by atoms with Crippen molar-refractivity contribution < 1.29 is 14.3 Å². The Hall–Kier alpha value is -1.99. The maximum atomic E-state index is 12.2. The van der Waals surface area contributed by atoms with E-state index in [0.717, 1.165) is 11.3 Å². The summed E-state index contributed by atoms with van der Waals surface area (Å²) in [6, 6.07) is 7.37. The highest BCUT2D eigenvalue weighted by Crippen LogP contribution is 2.25. The summed E-state index contributed by atoms with van der Waals surface area (Å²) in [4.78, 5) is 12.2. The Bertz CT molecular complexity index is 502. The quantitative estimate of drug-likeness (QED) is 0.619. The number of carbonyl (C=O) groups excluding carboxylic acids is 1. The molecule has 21 heavy (non-hydrogen) atoms. The Morgan fingerprint density at radius 3 is 2.48 bits per heavy atom. The Balaban J connectivity index is 3.03. The fourth-order valence-electron chi connectivity index (χ4n) is 1.93. The highest BCUT2D eigenvalue weighted by Gasteiger charge is 2.36. The molecule has 0 aliphatic carbocycles. The molecule has 0 spiro atoms. The summed E-state index contributed by atoms with van der Waals surface area (Å²) in [6.07, 6.45) is 5.39. The predicted octanol–water partition coefficient (Wildman–Crippen LogP) is 2.47. The molecule has 0 amide bonds. The van der Waals surface area contributed by atoms with Crippen LogP contribution >= 0.6 is 0 Å². The van der Waals surface area contributed by atoms with E-state index in [1.54, 1.807) is 13.8 Å². The van der Waals surface area contributed by atoms with Gasteiger partial charge < -0.3 is 9.47 Å². The van der Waals surface area contributed by atoms with Crippen LogP contribution in [0.2, 0.25) is 0 Å². The van der Waals surface area contributed by atoms with Gasteiger partial charge in [-0.15, -0.1) is 6.42 Å². The average Bonchev–Trinajstić information content (AvgIpc) is 2.45. The van der Waals surface area contributed by atoms with Gasteiger partial charge in [-0.2, -0.15) is 0 Å². The molecule has 1 unspecified atom stereocenters. The molecular weight excluding hydrogens is 266 g/mol. The van der Waals surface area contributed by atoms with E-state index in [9.17, 15) is 4.79 Å². The number of esters is 1. The van der Waals surface area contributed by atoms with E-state index < -0.39 is 5.54 Å². The summed E-state index contributed by atoms with van der Waals surface area (Å²) in [5.41, 5.74) is -0.189. The molecule has 1 N–H and O–H groups in total. The fourth-order valence-corrected chi connectivity index (χ4v) is 1.93. The summed E-state index contributed by atoms with van der Waals surface area (Å²) >= 11 is 0. The molecule has 4 nitrogen and oxygen atoms in total. The van der Waals surface area contributed by atoms with Gasteiger partial charge >= 0.3 is 5.97 Å². The third-order valence-corrected chi connectivity index (χ3v) is 3.03. The molecular formula is C17H23NO3. The zero-order chi connectivity index (χ0) is 15.9. The Morgan fingerprint density at radius 1 is 1.38 bits per heavy atom. The number of hydrogen-bond acceptors (Lipinski definition) is 4. The fraction of sp³-hybridized carbons (Fsp3) is 0.471. The van der Waals surface area contributed by atoms with Gasteiger partial charge in [0.15, 0.2) is 0 Å². The van der Waals surface area contributed by atoms with Crippen molar-refractivity contribution in [2.75, 3.05) is 13.2 Å². The van der Waals surface area contributed by atoms with Crippen molar-refractivity contribution in [2.24, 2.45) is 0 Å². The highest BCUT2D eigenvalue weighted by atomic mass is 16.5. The normalized spacial score (nSPS) is 13.3. The minimum absolute atomic E-state index is 0.104. The molecule has 1 atom stereocenters. The smallest absolute Gasteiger partial charge is 0.330 e. The Morgan fingerprint density at radius 2 is 2.00 bits per heavy atom. The first-order valence-electron chi connectivity index (χ1n) is 7.07. The molecule has 0 radical (unpaired) electrons. The SMILES string of the molecule is C#CCNC(C)(C(=O)OCC)c1ccc(OC(C)C)cc1. The van der Waals surface area contributed by atoms with Crippen LogP contribution in [-0.4, -0.2) is 25.2 Å². The highest BCUT2D eigenvalue weighted by molar-refractivity contribution is 5.82. The molecule has 0 heterocycles. The summed E-state index contributed by atoms with van der Waals surface area (Å²) in [7, 11) is 0. The third-order valence-electron chi connectivity index (χ3n) is 3.03. The van der Waals surface area contributed by atoms with Gasteiger partial charge in [-0.1, -0.05) is 18.1 Å². The first-order valence-corrected chi connectivity index (χ1v) is 7.07. The molecule has 0 fully saturated rings. The van der Waals surface area contributed by atoms with Crippen LogP contribution < -0.4 is 10.1 Å². The summed E-state index contributed by atoms with van der Waals surface area (Å²) in [6.45, 7) is 8.07. The molecule has 0 aliphatic heterocycles. The first kappa shape index (κ1) is 17.1. The number of hydrogen-bond donors (Lipinski definition) is 1. The topological polar surface area (TPSA) is 47.6 Å². The van der Waals surface area contributed by atoms with E-state index in [1.807, 2.05) is 38.1 Å². The van der Waals surface area contributed by atoms with E-state index in [2.05, 4.69) is 11.2 Å². The lowest BCUT2D eigenvalue weighted by molar-refractivity contribution is -0.150. The third kappa shape index (κ3) is 4.51. The van der Waals surface area contributed by atoms with Crippen molar-refractivity contribution in [1.82, 2.24) is 5.32 Å². The molecule has 1 aromatic rings. The molecule has 0 bridgehead atoms. The second kappa shape index (κ2) is 7.70. The van der Waals surface area contributed by atoms with Crippen molar-refractivity contribution in [3.05, 3.63) is 29.8 Å². The molecule has 0 saturated heterocycles. The zero-order valence-corrected chi connectivity index (χ0v) is 13.1. The predicted molar refractivity (Wildman–Crippen MR) is 83.0 cm³/mol. The molecule has 0 saturated carbocycles. The maximum Gasteiger partial charge on any atom is 0.330 e. The van der Waals surface area contributed by atoms with Gasteiger partial charge in [-0.05, 0) is 45.4 Å². The Labute approximate surface area is 126 Å². The van der Waals surface area contributed by atoms with E-state index in [1.165, 1.54) is 0 Å². The maximum absolute atomic E-state index is 12.2. The molecule has 1 rings (SSSR count). The van der Waals surface area contributed by atoms with Crippen LogP contribution in [0.4, 0.5) is 0 Å². The van der Waals surface area contributed by atoms with Crippen LogP contribution in [0.25, 0.3) is 0 Å². The van der Waals surface area contributed by atoms with E-state index in [0.29, 0.717) is 6.61 Å². The molecule has 114 valence electrons. The van der Waals surface area contributed by atoms with Gasteiger partial charge in [-0.3, -0.25) is 5.32 Å². The average molecular weight is 289 g/mol. The minimum atomic E-state index is -0.973. The zero-order valence-electron chi connectivity index (χ0n) is 13.1. The molecule has 4 heteroatoms. The summed E-state index contributed by atoms with van der Waals surface area (Å²) in [5, 5.41) is 3.06. The van der Waals surface area contributed by atoms with Gasteiger partial charge in [-0.25, -0.2) is 4.79 Å². The van der Waals surface area contributed by atoms with Crippen LogP contribution in [0.5, 0.6) is 5.75 Å². The monoisotopic (exact) mass is 289 g/mol. The number of ether oxygens (including phenoxy) is 2. The van der Waals surface area contributed by atoms with Crippen molar-refractivity contribution >= 4 is 5.97 Å². The molecule has 1 aromatic carbocycles. The van der Waals surface area contributed by atoms with Crippen LogP contribution in [0.3, 0.4) is 0 Å².